The van der Waals surface area contributed by atoms with Gasteiger partial charge in [0.05, 0.1) is 7.11 Å². The Labute approximate surface area is 120 Å². The Kier molecular flexibility index (Phi) is 3.94. The molecular weight excluding hydrogens is 255 g/mol. The van der Waals surface area contributed by atoms with Crippen LogP contribution in [0.1, 0.15) is 31.2 Å². The van der Waals surface area contributed by atoms with Crippen molar-refractivity contribution in [1.29, 1.82) is 0 Å². The van der Waals surface area contributed by atoms with Gasteiger partial charge in [-0.15, -0.1) is 0 Å². The van der Waals surface area contributed by atoms with Crippen LogP contribution in [0.2, 0.25) is 0 Å². The first-order valence-electron chi connectivity index (χ1n) is 7.44. The number of hydrogen-bond acceptors (Lipinski definition) is 3. The van der Waals surface area contributed by atoms with E-state index in [1.165, 1.54) is 31.7 Å². The van der Waals surface area contributed by atoms with Crippen LogP contribution in [0.25, 0.3) is 0 Å². The molecule has 1 aromatic rings. The third-order valence-electron chi connectivity index (χ3n) is 4.75. The lowest BCUT2D eigenvalue weighted by Crippen LogP contribution is -2.46. The lowest BCUT2D eigenvalue weighted by atomic mass is 9.98. The number of ether oxygens (including phenoxy) is 1. The van der Waals surface area contributed by atoms with Crippen molar-refractivity contribution < 1.29 is 9.13 Å². The van der Waals surface area contributed by atoms with Crippen molar-refractivity contribution in [3.05, 3.63) is 29.6 Å². The molecule has 0 amide bonds. The fourth-order valence-corrected chi connectivity index (χ4v) is 3.57. The predicted molar refractivity (Wildman–Crippen MR) is 77.4 cm³/mol. The first-order chi connectivity index (χ1) is 9.65. The quantitative estimate of drug-likeness (QED) is 0.916. The highest BCUT2D eigenvalue weighted by Gasteiger charge is 2.35. The van der Waals surface area contributed by atoms with E-state index < -0.39 is 0 Å². The van der Waals surface area contributed by atoms with Gasteiger partial charge in [-0.3, -0.25) is 4.90 Å². The monoisotopic (exact) mass is 278 g/mol. The molecule has 110 valence electrons. The van der Waals surface area contributed by atoms with Gasteiger partial charge in [-0.05, 0) is 38.8 Å². The van der Waals surface area contributed by atoms with Crippen LogP contribution < -0.4 is 10.1 Å². The van der Waals surface area contributed by atoms with Crippen LogP contribution >= 0.6 is 0 Å². The van der Waals surface area contributed by atoms with Gasteiger partial charge < -0.3 is 10.1 Å². The molecule has 2 aliphatic rings. The molecule has 1 N–H and O–H groups in total. The van der Waals surface area contributed by atoms with E-state index in [0.717, 1.165) is 5.56 Å². The Hall–Kier alpha value is -1.13. The van der Waals surface area contributed by atoms with Crippen molar-refractivity contribution in [1.82, 2.24) is 10.2 Å². The Bertz CT molecular complexity index is 468. The van der Waals surface area contributed by atoms with Crippen LogP contribution in [-0.4, -0.2) is 37.2 Å². The Morgan fingerprint density at radius 2 is 2.00 bits per heavy atom. The Balaban J connectivity index is 1.65. The SMILES string of the molecule is COc1ccc(CN(C)C2CC3CCC(C2)N3)c(F)c1. The molecule has 2 saturated heterocycles. The molecule has 1 aromatic carbocycles. The molecule has 0 radical (unpaired) electrons. The Morgan fingerprint density at radius 1 is 1.30 bits per heavy atom. The van der Waals surface area contributed by atoms with Crippen LogP contribution in [-0.2, 0) is 6.54 Å². The molecule has 2 fully saturated rings. The van der Waals surface area contributed by atoms with Crippen LogP contribution in [0, 0.1) is 5.82 Å². The van der Waals surface area contributed by atoms with Gasteiger partial charge in [0, 0.05) is 36.3 Å². The van der Waals surface area contributed by atoms with E-state index in [9.17, 15) is 4.39 Å². The van der Waals surface area contributed by atoms with E-state index in [1.54, 1.807) is 7.11 Å². The van der Waals surface area contributed by atoms with Crippen LogP contribution in [0.15, 0.2) is 18.2 Å². The lowest BCUT2D eigenvalue weighted by Gasteiger charge is -2.35. The predicted octanol–water partition coefficient (Wildman–Crippen LogP) is 2.55. The summed E-state index contributed by atoms with van der Waals surface area (Å²) >= 11 is 0. The first kappa shape index (κ1) is 13.8. The van der Waals surface area contributed by atoms with Crippen molar-refractivity contribution >= 4 is 0 Å². The maximum absolute atomic E-state index is 14.0. The average molecular weight is 278 g/mol. The number of nitrogens with zero attached hydrogens (tertiary/aromatic N) is 1. The number of hydrogen-bond donors (Lipinski definition) is 1. The zero-order valence-corrected chi connectivity index (χ0v) is 12.2. The van der Waals surface area contributed by atoms with Crippen molar-refractivity contribution in [3.8, 4) is 5.75 Å². The number of halogens is 1. The molecule has 0 saturated carbocycles. The number of methoxy groups -OCH3 is 1. The standard InChI is InChI=1S/C16H23FN2O/c1-19(14-7-12-4-5-13(8-14)18-12)10-11-3-6-15(20-2)9-16(11)17/h3,6,9,12-14,18H,4-5,7-8,10H2,1-2H3. The smallest absolute Gasteiger partial charge is 0.131 e. The van der Waals surface area contributed by atoms with Gasteiger partial charge in [-0.2, -0.15) is 0 Å². The van der Waals surface area contributed by atoms with Gasteiger partial charge in [-0.25, -0.2) is 4.39 Å². The zero-order chi connectivity index (χ0) is 14.1. The van der Waals surface area contributed by atoms with E-state index in [1.807, 2.05) is 12.1 Å². The molecule has 0 aromatic heterocycles. The van der Waals surface area contributed by atoms with Crippen LogP contribution in [0.3, 0.4) is 0 Å². The molecule has 2 bridgehead atoms. The molecule has 3 rings (SSSR count). The van der Waals surface area contributed by atoms with E-state index in [0.29, 0.717) is 30.4 Å². The summed E-state index contributed by atoms with van der Waals surface area (Å²) in [4.78, 5) is 2.30. The minimum Gasteiger partial charge on any atom is -0.497 e. The summed E-state index contributed by atoms with van der Waals surface area (Å²) in [7, 11) is 3.67. The Morgan fingerprint density at radius 3 is 2.60 bits per heavy atom. The third kappa shape index (κ3) is 2.81. The van der Waals surface area contributed by atoms with Crippen molar-refractivity contribution in [2.24, 2.45) is 0 Å². The summed E-state index contributed by atoms with van der Waals surface area (Å²) < 4.78 is 19.1. The molecule has 4 heteroatoms. The molecule has 2 heterocycles. The molecular formula is C16H23FN2O. The van der Waals surface area contributed by atoms with Gasteiger partial charge >= 0.3 is 0 Å². The van der Waals surface area contributed by atoms with Gasteiger partial charge in [0.2, 0.25) is 0 Å². The van der Waals surface area contributed by atoms with Gasteiger partial charge in [-0.1, -0.05) is 6.07 Å². The van der Waals surface area contributed by atoms with Crippen molar-refractivity contribution in [2.75, 3.05) is 14.2 Å². The fourth-order valence-electron chi connectivity index (χ4n) is 3.57. The normalized spacial score (nSPS) is 28.9. The maximum Gasteiger partial charge on any atom is 0.131 e. The number of benzene rings is 1. The number of rotatable bonds is 4. The highest BCUT2D eigenvalue weighted by Crippen LogP contribution is 2.30. The van der Waals surface area contributed by atoms with Gasteiger partial charge in [0.25, 0.3) is 0 Å². The minimum absolute atomic E-state index is 0.173. The van der Waals surface area contributed by atoms with Crippen LogP contribution in [0.4, 0.5) is 4.39 Å². The molecule has 2 unspecified atom stereocenters. The second-order valence-electron chi connectivity index (χ2n) is 6.14. The lowest BCUT2D eigenvalue weighted by molar-refractivity contribution is 0.164. The summed E-state index contributed by atoms with van der Waals surface area (Å²) in [5, 5.41) is 3.65. The number of fused-ring (bicyclic) bond motifs is 2. The number of piperidine rings is 1. The fraction of sp³-hybridized carbons (Fsp3) is 0.625. The third-order valence-corrected chi connectivity index (χ3v) is 4.75. The summed E-state index contributed by atoms with van der Waals surface area (Å²) in [6.45, 7) is 0.667. The molecule has 3 nitrogen and oxygen atoms in total. The van der Waals surface area contributed by atoms with Crippen LogP contribution in [0.5, 0.6) is 5.75 Å². The van der Waals surface area contributed by atoms with E-state index in [4.69, 9.17) is 4.74 Å². The molecule has 0 aliphatic carbocycles. The summed E-state index contributed by atoms with van der Waals surface area (Å²) in [6.07, 6.45) is 4.97. The second-order valence-corrected chi connectivity index (χ2v) is 6.14. The highest BCUT2D eigenvalue weighted by molar-refractivity contribution is 5.28. The summed E-state index contributed by atoms with van der Waals surface area (Å²) in [5.41, 5.74) is 0.749. The van der Waals surface area contributed by atoms with E-state index >= 15 is 0 Å². The number of nitrogens with one attached hydrogen (secondary N) is 1. The summed E-state index contributed by atoms with van der Waals surface area (Å²) in [5.74, 6) is 0.405. The van der Waals surface area contributed by atoms with Gasteiger partial charge in [0.15, 0.2) is 0 Å². The molecule has 20 heavy (non-hydrogen) atoms. The minimum atomic E-state index is -0.173. The van der Waals surface area contributed by atoms with E-state index in [-0.39, 0.29) is 5.82 Å². The van der Waals surface area contributed by atoms with Gasteiger partial charge in [0.1, 0.15) is 11.6 Å². The largest absolute Gasteiger partial charge is 0.497 e. The average Bonchev–Trinajstić information content (AvgIpc) is 2.79. The highest BCUT2D eigenvalue weighted by atomic mass is 19.1. The molecule has 2 aliphatic heterocycles. The maximum atomic E-state index is 14.0. The van der Waals surface area contributed by atoms with Crippen molar-refractivity contribution in [2.45, 2.75) is 50.4 Å². The molecule has 0 spiro atoms. The topological polar surface area (TPSA) is 24.5 Å². The summed E-state index contributed by atoms with van der Waals surface area (Å²) in [6, 6.07) is 7.03. The second kappa shape index (κ2) is 5.70. The molecule has 2 atom stereocenters. The van der Waals surface area contributed by atoms with E-state index in [2.05, 4.69) is 17.3 Å². The first-order valence-corrected chi connectivity index (χ1v) is 7.44. The van der Waals surface area contributed by atoms with Crippen molar-refractivity contribution in [3.63, 3.8) is 0 Å². The zero-order valence-electron chi connectivity index (χ0n) is 12.2.